The first-order valence-corrected chi connectivity index (χ1v) is 6.74. The molecule has 0 bridgehead atoms. The summed E-state index contributed by atoms with van der Waals surface area (Å²) in [6.07, 6.45) is 7.10. The van der Waals surface area contributed by atoms with Gasteiger partial charge in [-0.25, -0.2) is 0 Å². The van der Waals surface area contributed by atoms with Crippen molar-refractivity contribution in [3.05, 3.63) is 0 Å². The molecule has 3 heteroatoms. The molecule has 1 fully saturated rings. The van der Waals surface area contributed by atoms with Crippen LogP contribution in [-0.2, 0) is 0 Å². The zero-order chi connectivity index (χ0) is 9.86. The minimum atomic E-state index is 0.571. The van der Waals surface area contributed by atoms with Crippen molar-refractivity contribution >= 4 is 16.9 Å². The molecule has 2 rings (SSSR count). The molecule has 0 radical (unpaired) electrons. The highest BCUT2D eigenvalue weighted by atomic mass is 32.2. The summed E-state index contributed by atoms with van der Waals surface area (Å²) >= 11 is 1.93. The second-order valence-corrected chi connectivity index (χ2v) is 5.47. The molecule has 0 aromatic heterocycles. The number of thioether (sulfide) groups is 1. The maximum absolute atomic E-state index is 4.66. The summed E-state index contributed by atoms with van der Waals surface area (Å²) in [6.45, 7) is 4.20. The lowest BCUT2D eigenvalue weighted by atomic mass is 9.75. The lowest BCUT2D eigenvalue weighted by Crippen LogP contribution is -2.36. The van der Waals surface area contributed by atoms with Crippen LogP contribution in [0.2, 0.25) is 0 Å². The van der Waals surface area contributed by atoms with Gasteiger partial charge in [0.25, 0.3) is 0 Å². The van der Waals surface area contributed by atoms with Gasteiger partial charge in [0.15, 0.2) is 5.17 Å². The van der Waals surface area contributed by atoms with Crippen LogP contribution >= 0.6 is 11.8 Å². The van der Waals surface area contributed by atoms with Gasteiger partial charge < -0.3 is 5.32 Å². The average Bonchev–Trinajstić information content (AvgIpc) is 2.24. The summed E-state index contributed by atoms with van der Waals surface area (Å²) in [5, 5.41) is 4.49. The Balaban J connectivity index is 1.93. The van der Waals surface area contributed by atoms with Crippen LogP contribution in [0.15, 0.2) is 4.99 Å². The van der Waals surface area contributed by atoms with E-state index in [1.807, 2.05) is 11.8 Å². The Bertz CT molecular complexity index is 219. The van der Waals surface area contributed by atoms with Gasteiger partial charge in [0, 0.05) is 18.8 Å². The summed E-state index contributed by atoms with van der Waals surface area (Å²) in [6, 6.07) is 0. The third-order valence-electron chi connectivity index (χ3n) is 3.32. The Morgan fingerprint density at radius 1 is 1.36 bits per heavy atom. The second kappa shape index (κ2) is 4.56. The highest BCUT2D eigenvalue weighted by molar-refractivity contribution is 8.13. The summed E-state index contributed by atoms with van der Waals surface area (Å²) in [7, 11) is 0. The standard InChI is InChI=1S/C11H20N2S/c1-2-12-10-13-8-11(9-14-10)6-4-3-5-7-11/h2-9H2,1H3,(H,12,13). The van der Waals surface area contributed by atoms with Crippen LogP contribution in [0, 0.1) is 5.41 Å². The van der Waals surface area contributed by atoms with Crippen LogP contribution in [0.3, 0.4) is 0 Å². The molecule has 2 nitrogen and oxygen atoms in total. The number of rotatable bonds is 1. The summed E-state index contributed by atoms with van der Waals surface area (Å²) < 4.78 is 0. The molecule has 1 N–H and O–H groups in total. The van der Waals surface area contributed by atoms with Gasteiger partial charge in [-0.05, 0) is 25.2 Å². The van der Waals surface area contributed by atoms with E-state index in [0.29, 0.717) is 5.41 Å². The Morgan fingerprint density at radius 3 is 2.71 bits per heavy atom. The van der Waals surface area contributed by atoms with E-state index >= 15 is 0 Å². The van der Waals surface area contributed by atoms with E-state index in [2.05, 4.69) is 17.2 Å². The van der Waals surface area contributed by atoms with Crippen molar-refractivity contribution in [3.63, 3.8) is 0 Å². The Kier molecular flexibility index (Phi) is 3.37. The van der Waals surface area contributed by atoms with Gasteiger partial charge in [0.05, 0.1) is 0 Å². The van der Waals surface area contributed by atoms with E-state index in [-0.39, 0.29) is 0 Å². The summed E-state index contributed by atoms with van der Waals surface area (Å²) in [5.41, 5.74) is 0.571. The first-order chi connectivity index (χ1) is 6.85. The topological polar surface area (TPSA) is 24.4 Å². The molecule has 1 aliphatic heterocycles. The third kappa shape index (κ3) is 2.25. The van der Waals surface area contributed by atoms with Crippen LogP contribution in [0.25, 0.3) is 0 Å². The number of aliphatic imine (C=N–C) groups is 1. The molecule has 0 aromatic rings. The predicted octanol–water partition coefficient (Wildman–Crippen LogP) is 2.65. The van der Waals surface area contributed by atoms with E-state index in [4.69, 9.17) is 0 Å². The molecule has 80 valence electrons. The second-order valence-electron chi connectivity index (χ2n) is 4.50. The van der Waals surface area contributed by atoms with Gasteiger partial charge in [-0.1, -0.05) is 31.0 Å². The van der Waals surface area contributed by atoms with Crippen LogP contribution in [0.4, 0.5) is 0 Å². The lowest BCUT2D eigenvalue weighted by molar-refractivity contribution is 0.232. The Morgan fingerprint density at radius 2 is 2.14 bits per heavy atom. The van der Waals surface area contributed by atoms with E-state index in [9.17, 15) is 0 Å². The minimum absolute atomic E-state index is 0.571. The number of hydrogen-bond acceptors (Lipinski definition) is 3. The van der Waals surface area contributed by atoms with Crippen LogP contribution < -0.4 is 5.32 Å². The summed E-state index contributed by atoms with van der Waals surface area (Å²) in [5.74, 6) is 1.29. The SMILES string of the molecule is CCNC1=NCC2(CCCCC2)CS1. The lowest BCUT2D eigenvalue weighted by Gasteiger charge is -2.38. The van der Waals surface area contributed by atoms with E-state index in [1.54, 1.807) is 0 Å². The molecular formula is C11H20N2S. The van der Waals surface area contributed by atoms with Gasteiger partial charge in [-0.3, -0.25) is 4.99 Å². The van der Waals surface area contributed by atoms with Crippen LogP contribution in [0.1, 0.15) is 39.0 Å². The van der Waals surface area contributed by atoms with Gasteiger partial charge in [0.1, 0.15) is 0 Å². The maximum atomic E-state index is 4.66. The van der Waals surface area contributed by atoms with Crippen LogP contribution in [-0.4, -0.2) is 24.0 Å². The first kappa shape index (κ1) is 10.3. The number of nitrogens with zero attached hydrogens (tertiary/aromatic N) is 1. The predicted molar refractivity (Wildman–Crippen MR) is 64.0 cm³/mol. The van der Waals surface area contributed by atoms with Gasteiger partial charge in [-0.2, -0.15) is 0 Å². The van der Waals surface area contributed by atoms with Gasteiger partial charge in [-0.15, -0.1) is 0 Å². The largest absolute Gasteiger partial charge is 0.365 e. The van der Waals surface area contributed by atoms with Crippen molar-refractivity contribution < 1.29 is 0 Å². The summed E-state index contributed by atoms with van der Waals surface area (Å²) in [4.78, 5) is 4.66. The molecular weight excluding hydrogens is 192 g/mol. The molecule has 1 heterocycles. The average molecular weight is 212 g/mol. The molecule has 0 saturated heterocycles. The number of hydrogen-bond donors (Lipinski definition) is 1. The molecule has 2 aliphatic rings. The molecule has 0 unspecified atom stereocenters. The van der Waals surface area contributed by atoms with E-state index < -0.39 is 0 Å². The van der Waals surface area contributed by atoms with Crippen molar-refractivity contribution in [2.75, 3.05) is 18.8 Å². The Hall–Kier alpha value is -0.180. The van der Waals surface area contributed by atoms with Crippen molar-refractivity contribution in [2.45, 2.75) is 39.0 Å². The third-order valence-corrected chi connectivity index (χ3v) is 4.62. The monoisotopic (exact) mass is 212 g/mol. The first-order valence-electron chi connectivity index (χ1n) is 5.76. The zero-order valence-corrected chi connectivity index (χ0v) is 9.83. The van der Waals surface area contributed by atoms with Gasteiger partial charge >= 0.3 is 0 Å². The highest BCUT2D eigenvalue weighted by Gasteiger charge is 2.34. The molecule has 0 atom stereocenters. The quantitative estimate of drug-likeness (QED) is 0.722. The number of nitrogens with one attached hydrogen (secondary N) is 1. The smallest absolute Gasteiger partial charge is 0.156 e. The Labute approximate surface area is 90.9 Å². The fourth-order valence-electron chi connectivity index (χ4n) is 2.41. The van der Waals surface area contributed by atoms with Gasteiger partial charge in [0.2, 0.25) is 0 Å². The fourth-order valence-corrected chi connectivity index (χ4v) is 3.64. The maximum Gasteiger partial charge on any atom is 0.156 e. The van der Waals surface area contributed by atoms with Crippen molar-refractivity contribution in [1.29, 1.82) is 0 Å². The highest BCUT2D eigenvalue weighted by Crippen LogP contribution is 2.41. The normalized spacial score (nSPS) is 25.9. The molecule has 1 aliphatic carbocycles. The molecule has 1 saturated carbocycles. The molecule has 0 amide bonds. The van der Waals surface area contributed by atoms with Crippen LogP contribution in [0.5, 0.6) is 0 Å². The minimum Gasteiger partial charge on any atom is -0.365 e. The fraction of sp³-hybridized carbons (Fsp3) is 0.909. The molecule has 0 aromatic carbocycles. The van der Waals surface area contributed by atoms with Crippen molar-refractivity contribution in [2.24, 2.45) is 10.4 Å². The van der Waals surface area contributed by atoms with E-state index in [0.717, 1.165) is 13.1 Å². The molecule has 14 heavy (non-hydrogen) atoms. The number of amidine groups is 1. The molecule has 1 spiro atoms. The van der Waals surface area contributed by atoms with Crippen molar-refractivity contribution in [3.8, 4) is 0 Å². The van der Waals surface area contributed by atoms with E-state index in [1.165, 1.54) is 43.0 Å². The zero-order valence-electron chi connectivity index (χ0n) is 9.01. The van der Waals surface area contributed by atoms with Crippen molar-refractivity contribution in [1.82, 2.24) is 5.32 Å².